The lowest BCUT2D eigenvalue weighted by atomic mass is 9.86. The minimum atomic E-state index is -0.687. The summed E-state index contributed by atoms with van der Waals surface area (Å²) in [5, 5.41) is 30.9. The molecule has 0 saturated heterocycles. The third-order valence-electron chi connectivity index (χ3n) is 5.28. The quantitative estimate of drug-likeness (QED) is 0.191. The highest BCUT2D eigenvalue weighted by Crippen LogP contribution is 2.39. The molecule has 0 unspecified atom stereocenters. The predicted octanol–water partition coefficient (Wildman–Crippen LogP) is 4.10. The van der Waals surface area contributed by atoms with E-state index in [4.69, 9.17) is 11.6 Å². The molecule has 26 heavy (non-hydrogen) atoms. The highest BCUT2D eigenvalue weighted by molar-refractivity contribution is 6.17. The molecule has 0 amide bonds. The van der Waals surface area contributed by atoms with E-state index in [1.807, 2.05) is 0 Å². The van der Waals surface area contributed by atoms with Gasteiger partial charge in [0.05, 0.1) is 25.1 Å². The van der Waals surface area contributed by atoms with Gasteiger partial charge in [-0.2, -0.15) is 0 Å². The van der Waals surface area contributed by atoms with Crippen molar-refractivity contribution in [2.24, 2.45) is 11.8 Å². The Morgan fingerprint density at radius 3 is 2.46 bits per heavy atom. The van der Waals surface area contributed by atoms with E-state index in [2.05, 4.69) is 4.74 Å². The van der Waals surface area contributed by atoms with Crippen molar-refractivity contribution in [3.8, 4) is 0 Å². The highest BCUT2D eigenvalue weighted by atomic mass is 35.5. The molecule has 152 valence electrons. The lowest BCUT2D eigenvalue weighted by molar-refractivity contribution is -0.140. The van der Waals surface area contributed by atoms with Crippen LogP contribution in [0.5, 0.6) is 0 Å². The van der Waals surface area contributed by atoms with Crippen molar-refractivity contribution < 1.29 is 24.9 Å². The highest BCUT2D eigenvalue weighted by Gasteiger charge is 2.43. The molecule has 0 aromatic rings. The van der Waals surface area contributed by atoms with Gasteiger partial charge in [0.25, 0.3) is 0 Å². The van der Waals surface area contributed by atoms with Crippen LogP contribution >= 0.6 is 11.6 Å². The minimum Gasteiger partial charge on any atom is -0.512 e. The second-order valence-corrected chi connectivity index (χ2v) is 7.63. The Morgan fingerprint density at radius 1 is 1.08 bits per heavy atom. The van der Waals surface area contributed by atoms with Crippen LogP contribution in [-0.4, -0.2) is 46.5 Å². The summed E-state index contributed by atoms with van der Waals surface area (Å²) in [5.74, 6) is 0.221. The number of hydrogen-bond acceptors (Lipinski definition) is 5. The molecule has 3 N–H and O–H groups in total. The number of aliphatic hydroxyl groups excluding tert-OH is 3. The molecule has 1 aliphatic carbocycles. The van der Waals surface area contributed by atoms with E-state index >= 15 is 0 Å². The van der Waals surface area contributed by atoms with E-state index in [1.165, 1.54) is 7.11 Å². The van der Waals surface area contributed by atoms with Gasteiger partial charge in [-0.1, -0.05) is 25.7 Å². The van der Waals surface area contributed by atoms with Crippen molar-refractivity contribution in [1.82, 2.24) is 0 Å². The number of rotatable bonds is 13. The average molecular weight is 391 g/mol. The van der Waals surface area contributed by atoms with E-state index in [1.54, 1.807) is 6.08 Å². The van der Waals surface area contributed by atoms with Crippen LogP contribution in [0.15, 0.2) is 11.8 Å². The first kappa shape index (κ1) is 23.3. The molecule has 0 aliphatic heterocycles. The number of carbonyl (C=O) groups excluding carboxylic acids is 1. The second kappa shape index (κ2) is 13.4. The molecule has 1 fully saturated rings. The normalized spacial score (nSPS) is 26.2. The minimum absolute atomic E-state index is 0.107. The van der Waals surface area contributed by atoms with Crippen molar-refractivity contribution >= 4 is 17.6 Å². The lowest BCUT2D eigenvalue weighted by Crippen LogP contribution is -2.24. The van der Waals surface area contributed by atoms with E-state index in [0.717, 1.165) is 57.8 Å². The Kier molecular flexibility index (Phi) is 12.0. The maximum absolute atomic E-state index is 11.1. The van der Waals surface area contributed by atoms with Crippen LogP contribution in [-0.2, 0) is 9.53 Å². The third-order valence-corrected chi connectivity index (χ3v) is 5.55. The Hall–Kier alpha value is -0.780. The fourth-order valence-corrected chi connectivity index (χ4v) is 3.98. The number of carbonyl (C=O) groups is 1. The average Bonchev–Trinajstić information content (AvgIpc) is 2.90. The van der Waals surface area contributed by atoms with Gasteiger partial charge in [-0.05, 0) is 44.1 Å². The van der Waals surface area contributed by atoms with Crippen molar-refractivity contribution in [3.63, 3.8) is 0 Å². The smallest absolute Gasteiger partial charge is 0.305 e. The van der Waals surface area contributed by atoms with Gasteiger partial charge >= 0.3 is 5.97 Å². The molecule has 0 spiro atoms. The number of allylic oxidation sites excluding steroid dienone is 1. The number of aliphatic hydroxyl groups is 3. The van der Waals surface area contributed by atoms with Gasteiger partial charge in [0.15, 0.2) is 0 Å². The summed E-state index contributed by atoms with van der Waals surface area (Å²) in [6, 6.07) is 0. The van der Waals surface area contributed by atoms with E-state index in [0.29, 0.717) is 18.7 Å². The van der Waals surface area contributed by atoms with Gasteiger partial charge in [-0.25, -0.2) is 0 Å². The first-order valence-electron chi connectivity index (χ1n) is 9.89. The molecule has 5 nitrogen and oxygen atoms in total. The van der Waals surface area contributed by atoms with Crippen LogP contribution in [0.1, 0.15) is 70.6 Å². The number of methoxy groups -OCH3 is 1. The maximum atomic E-state index is 11.1. The summed E-state index contributed by atoms with van der Waals surface area (Å²) in [5.41, 5.74) is 0. The van der Waals surface area contributed by atoms with Crippen LogP contribution < -0.4 is 0 Å². The van der Waals surface area contributed by atoms with Crippen LogP contribution in [0.25, 0.3) is 0 Å². The van der Waals surface area contributed by atoms with Gasteiger partial charge < -0.3 is 20.1 Å². The summed E-state index contributed by atoms with van der Waals surface area (Å²) in [6.07, 6.45) is 9.42. The van der Waals surface area contributed by atoms with Crippen LogP contribution in [0, 0.1) is 11.8 Å². The Bertz CT molecular complexity index is 426. The molecule has 0 bridgehead atoms. The summed E-state index contributed by atoms with van der Waals surface area (Å²) < 4.78 is 4.62. The molecule has 0 aromatic heterocycles. The van der Waals surface area contributed by atoms with E-state index in [-0.39, 0.29) is 23.6 Å². The molecule has 4 atom stereocenters. The number of unbranched alkanes of at least 4 members (excludes halogenated alkanes) is 6. The molecule has 1 rings (SSSR count). The van der Waals surface area contributed by atoms with Crippen molar-refractivity contribution in [2.45, 2.75) is 82.8 Å². The predicted molar refractivity (Wildman–Crippen MR) is 103 cm³/mol. The van der Waals surface area contributed by atoms with Gasteiger partial charge in [0.2, 0.25) is 0 Å². The van der Waals surface area contributed by atoms with Gasteiger partial charge in [-0.3, -0.25) is 4.79 Å². The Labute approximate surface area is 162 Å². The van der Waals surface area contributed by atoms with E-state index < -0.39 is 12.2 Å². The number of esters is 1. The second-order valence-electron chi connectivity index (χ2n) is 7.26. The molecule has 1 saturated carbocycles. The first-order chi connectivity index (χ1) is 12.5. The Balaban J connectivity index is 2.38. The molecule has 0 heterocycles. The fraction of sp³-hybridized carbons (Fsp3) is 0.850. The summed E-state index contributed by atoms with van der Waals surface area (Å²) in [7, 11) is 1.40. The van der Waals surface area contributed by atoms with Crippen LogP contribution in [0.2, 0.25) is 0 Å². The number of halogens is 1. The zero-order valence-corrected chi connectivity index (χ0v) is 16.7. The van der Waals surface area contributed by atoms with Gasteiger partial charge in [-0.15, -0.1) is 11.6 Å². The first-order valence-corrected chi connectivity index (χ1v) is 10.4. The zero-order chi connectivity index (χ0) is 19.4. The summed E-state index contributed by atoms with van der Waals surface area (Å²) in [6.45, 7) is 0. The van der Waals surface area contributed by atoms with Crippen molar-refractivity contribution in [2.75, 3.05) is 13.0 Å². The number of alkyl halides is 1. The number of hydrogen-bond donors (Lipinski definition) is 3. The molecule has 1 aliphatic rings. The molecule has 6 heteroatoms. The van der Waals surface area contributed by atoms with Crippen molar-refractivity contribution in [3.05, 3.63) is 11.8 Å². The van der Waals surface area contributed by atoms with Crippen LogP contribution in [0.3, 0.4) is 0 Å². The zero-order valence-electron chi connectivity index (χ0n) is 15.9. The largest absolute Gasteiger partial charge is 0.512 e. The number of ether oxygens (including phenoxy) is 1. The van der Waals surface area contributed by atoms with Gasteiger partial charge in [0, 0.05) is 24.6 Å². The SMILES string of the molecule is COC(=O)CCCCCC[C@@H]1[C@@H](C(O)=CCCCCCCl)[C@H](O)C[C@@H]1O. The molecular weight excluding hydrogens is 356 g/mol. The third kappa shape index (κ3) is 8.28. The topological polar surface area (TPSA) is 87.0 Å². The fourth-order valence-electron chi connectivity index (χ4n) is 3.79. The lowest BCUT2D eigenvalue weighted by Gasteiger charge is -2.23. The molecule has 0 radical (unpaired) electrons. The summed E-state index contributed by atoms with van der Waals surface area (Å²) in [4.78, 5) is 11.1. The standard InChI is InChI=1S/C20H35ClO5/c1-26-19(25)12-8-3-2-6-10-15-17(23)14-18(24)20(15)16(22)11-7-4-5-9-13-21/h11,15,17-18,20,22-24H,2-10,12-14H2,1H3/t15-,17-,18+,20-/m0/s1. The Morgan fingerprint density at radius 2 is 1.77 bits per heavy atom. The van der Waals surface area contributed by atoms with Crippen molar-refractivity contribution in [1.29, 1.82) is 0 Å². The van der Waals surface area contributed by atoms with Gasteiger partial charge in [0.1, 0.15) is 0 Å². The van der Waals surface area contributed by atoms with Crippen LogP contribution in [0.4, 0.5) is 0 Å². The monoisotopic (exact) mass is 390 g/mol. The van der Waals surface area contributed by atoms with E-state index in [9.17, 15) is 20.1 Å². The molecule has 0 aromatic carbocycles. The summed E-state index contributed by atoms with van der Waals surface area (Å²) >= 11 is 5.66. The molecular formula is C20H35ClO5. The maximum Gasteiger partial charge on any atom is 0.305 e.